The second kappa shape index (κ2) is 15.8. The molecule has 1 aromatic heterocycles. The predicted molar refractivity (Wildman–Crippen MR) is 145 cm³/mol. The highest BCUT2D eigenvalue weighted by atomic mass is 79.9. The van der Waals surface area contributed by atoms with E-state index >= 15 is 0 Å². The zero-order valence-electron chi connectivity index (χ0n) is 19.9. The maximum absolute atomic E-state index is 12.5. The third-order valence-electron chi connectivity index (χ3n) is 4.76. The number of aryl methyl sites for hydroxylation is 1. The first kappa shape index (κ1) is 31.9. The molecule has 3 nitrogen and oxygen atoms in total. The molecule has 0 saturated carbocycles. The molecule has 0 aliphatic rings. The van der Waals surface area contributed by atoms with E-state index < -0.39 is 7.38 Å². The molecule has 9 heteroatoms. The largest absolute Gasteiger partial charge is 0.392 e. The molecule has 184 valence electrons. The second-order valence-corrected chi connectivity index (χ2v) is 17.5. The quantitative estimate of drug-likeness (QED) is 0.221. The number of hydrogen-bond acceptors (Lipinski definition) is 2. The number of aromatic nitrogens is 2. The molecule has 3 aromatic rings. The van der Waals surface area contributed by atoms with Crippen LogP contribution in [0.3, 0.4) is 0 Å². The van der Waals surface area contributed by atoms with E-state index in [4.69, 9.17) is 16.2 Å². The summed E-state index contributed by atoms with van der Waals surface area (Å²) >= 11 is 12.6. The molecule has 0 spiro atoms. The number of halogens is 5. The monoisotopic (exact) mass is 624 g/mol. The number of aliphatic hydroxyl groups excluding tert-OH is 1. The molecule has 0 amide bonds. The van der Waals surface area contributed by atoms with Crippen molar-refractivity contribution in [1.29, 1.82) is 0 Å². The summed E-state index contributed by atoms with van der Waals surface area (Å²) in [6, 6.07) is 8.93. The van der Waals surface area contributed by atoms with Gasteiger partial charge in [0.2, 0.25) is 0 Å². The van der Waals surface area contributed by atoms with Crippen LogP contribution in [0.1, 0.15) is 38.8 Å². The maximum atomic E-state index is 12.5. The van der Waals surface area contributed by atoms with Crippen LogP contribution < -0.4 is 0 Å². The van der Waals surface area contributed by atoms with Gasteiger partial charge in [-0.25, -0.2) is 13.8 Å². The van der Waals surface area contributed by atoms with Gasteiger partial charge in [-0.2, -0.15) is 11.1 Å². The molecule has 0 bridgehead atoms. The highest BCUT2D eigenvalue weighted by Crippen LogP contribution is 2.38. The van der Waals surface area contributed by atoms with Gasteiger partial charge >= 0.3 is 0 Å². The second-order valence-electron chi connectivity index (χ2n) is 8.47. The van der Waals surface area contributed by atoms with Gasteiger partial charge in [0.1, 0.15) is 11.6 Å². The molecular formula is C24H33Br2ClF2N2OSi. The Balaban J connectivity index is 0.000000425. The van der Waals surface area contributed by atoms with E-state index in [0.29, 0.717) is 10.6 Å². The van der Waals surface area contributed by atoms with Crippen molar-refractivity contribution in [2.75, 3.05) is 0 Å². The fraction of sp³-hybridized carbons (Fsp3) is 0.375. The third kappa shape index (κ3) is 14.1. The molecule has 0 atom stereocenters. The number of rotatable bonds is 2. The van der Waals surface area contributed by atoms with Gasteiger partial charge in [0.05, 0.1) is 12.9 Å². The minimum absolute atomic E-state index is 0.141. The molecule has 0 aliphatic carbocycles. The smallest absolute Gasteiger partial charge is 0.155 e. The van der Waals surface area contributed by atoms with E-state index in [1.807, 2.05) is 6.92 Å². The highest BCUT2D eigenvalue weighted by Gasteiger charge is 2.32. The van der Waals surface area contributed by atoms with Crippen LogP contribution in [0.25, 0.3) is 0 Å². The van der Waals surface area contributed by atoms with Crippen LogP contribution in [0.5, 0.6) is 0 Å². The van der Waals surface area contributed by atoms with E-state index in [1.54, 1.807) is 36.9 Å². The number of aromatic amines is 1. The van der Waals surface area contributed by atoms with Gasteiger partial charge < -0.3 is 10.1 Å². The fourth-order valence-corrected chi connectivity index (χ4v) is 2.59. The number of hydrogen-bond donors (Lipinski definition) is 2. The summed E-state index contributed by atoms with van der Waals surface area (Å²) in [5.74, 6) is -0.493. The SMILES string of the molecule is CC(C)(C)[Si](C)(C)Cl.CCc1cc(F)ccc1Br.OCc1cc(F)ccc1Br.c1c[nH]cn1. The standard InChI is InChI=1S/C8H8BrF.C7H6BrFO.C6H15ClSi.C3H4N2/c1-2-6-5-7(10)3-4-8(6)9;8-7-2-1-6(9)3-5(7)4-10;1-6(2,3)8(4,5)7;1-2-5-3-4-1/h3-5H,2H2,1H3;1-3,10H,4H2;1-5H3;1-3H,(H,4,5). The lowest BCUT2D eigenvalue weighted by molar-refractivity contribution is 0.280. The lowest BCUT2D eigenvalue weighted by atomic mass is 10.2. The van der Waals surface area contributed by atoms with Crippen molar-refractivity contribution in [3.63, 3.8) is 0 Å². The van der Waals surface area contributed by atoms with Crippen LogP contribution in [0, 0.1) is 11.6 Å². The average Bonchev–Trinajstić information content (AvgIpc) is 3.31. The van der Waals surface area contributed by atoms with E-state index in [2.05, 4.69) is 75.7 Å². The minimum atomic E-state index is -1.39. The average molecular weight is 627 g/mol. The molecule has 0 fully saturated rings. The Morgan fingerprint density at radius 3 is 1.70 bits per heavy atom. The molecule has 2 aromatic carbocycles. The van der Waals surface area contributed by atoms with Crippen LogP contribution in [-0.4, -0.2) is 22.5 Å². The van der Waals surface area contributed by atoms with E-state index in [1.165, 1.54) is 18.2 Å². The zero-order valence-corrected chi connectivity index (χ0v) is 24.8. The zero-order chi connectivity index (χ0) is 25.7. The first-order valence-electron chi connectivity index (χ1n) is 10.3. The molecule has 33 heavy (non-hydrogen) atoms. The minimum Gasteiger partial charge on any atom is -0.392 e. The van der Waals surface area contributed by atoms with Crippen LogP contribution in [0.15, 0.2) is 64.1 Å². The van der Waals surface area contributed by atoms with E-state index in [9.17, 15) is 8.78 Å². The van der Waals surface area contributed by atoms with E-state index in [0.717, 1.165) is 20.9 Å². The summed E-state index contributed by atoms with van der Waals surface area (Å²) in [6.45, 7) is 12.8. The molecule has 3 rings (SSSR count). The molecule has 2 N–H and O–H groups in total. The number of imidazole rings is 1. The molecule has 0 saturated heterocycles. The summed E-state index contributed by atoms with van der Waals surface area (Å²) in [6.07, 6.45) is 5.94. The molecule has 1 heterocycles. The van der Waals surface area contributed by atoms with Gasteiger partial charge in [0, 0.05) is 21.3 Å². The number of benzene rings is 2. The molecule has 0 radical (unpaired) electrons. The summed E-state index contributed by atoms with van der Waals surface area (Å²) in [4.78, 5) is 6.42. The lowest BCUT2D eigenvalue weighted by Gasteiger charge is -2.29. The molecular weight excluding hydrogens is 594 g/mol. The summed E-state index contributed by atoms with van der Waals surface area (Å²) in [5, 5.41) is 8.99. The maximum Gasteiger partial charge on any atom is 0.155 e. The number of aliphatic hydroxyl groups is 1. The van der Waals surface area contributed by atoms with E-state index in [-0.39, 0.29) is 18.2 Å². The highest BCUT2D eigenvalue weighted by molar-refractivity contribution is 9.10. The van der Waals surface area contributed by atoms with Gasteiger partial charge in [-0.1, -0.05) is 72.6 Å². The Morgan fingerprint density at radius 2 is 1.45 bits per heavy atom. The normalized spacial score (nSPS) is 10.7. The van der Waals surface area contributed by atoms with Crippen molar-refractivity contribution in [3.8, 4) is 0 Å². The summed E-state index contributed by atoms with van der Waals surface area (Å²) < 4.78 is 26.6. The number of H-pyrrole nitrogens is 1. The Morgan fingerprint density at radius 1 is 1.00 bits per heavy atom. The number of nitrogens with one attached hydrogen (secondary N) is 1. The van der Waals surface area contributed by atoms with Gasteiger partial charge in [-0.3, -0.25) is 0 Å². The van der Waals surface area contributed by atoms with Crippen molar-refractivity contribution in [2.24, 2.45) is 0 Å². The lowest BCUT2D eigenvalue weighted by Crippen LogP contribution is -2.29. The predicted octanol–water partition coefficient (Wildman–Crippen LogP) is 8.87. The third-order valence-corrected chi connectivity index (χ3v) is 11.6. The van der Waals surface area contributed by atoms with Crippen LogP contribution in [0.2, 0.25) is 18.1 Å². The Hall–Kier alpha value is -1.06. The van der Waals surface area contributed by atoms with Gasteiger partial charge in [-0.15, -0.1) is 0 Å². The van der Waals surface area contributed by atoms with Gasteiger partial charge in [-0.05, 0) is 59.0 Å². The first-order valence-corrected chi connectivity index (χ1v) is 15.9. The molecule has 0 unspecified atom stereocenters. The van der Waals surface area contributed by atoms with Crippen LogP contribution in [-0.2, 0) is 13.0 Å². The topological polar surface area (TPSA) is 48.9 Å². The Bertz CT molecular complexity index is 850. The van der Waals surface area contributed by atoms with Gasteiger partial charge in [0.15, 0.2) is 7.38 Å². The van der Waals surface area contributed by atoms with Crippen molar-refractivity contribution in [3.05, 3.63) is 86.8 Å². The Labute approximate surface area is 219 Å². The summed E-state index contributed by atoms with van der Waals surface area (Å²) in [7, 11) is -1.39. The van der Waals surface area contributed by atoms with Crippen LogP contribution in [0.4, 0.5) is 8.78 Å². The first-order chi connectivity index (χ1) is 15.2. The molecule has 0 aliphatic heterocycles. The summed E-state index contributed by atoms with van der Waals surface area (Å²) in [5.41, 5.74) is 1.58. The van der Waals surface area contributed by atoms with Crippen LogP contribution >= 0.6 is 42.9 Å². The van der Waals surface area contributed by atoms with Crippen molar-refractivity contribution in [2.45, 2.75) is 58.9 Å². The van der Waals surface area contributed by atoms with Crippen molar-refractivity contribution >= 4 is 50.3 Å². The fourth-order valence-electron chi connectivity index (χ4n) is 1.69. The van der Waals surface area contributed by atoms with Gasteiger partial charge in [0.25, 0.3) is 0 Å². The van der Waals surface area contributed by atoms with Crippen molar-refractivity contribution in [1.82, 2.24) is 9.97 Å². The Kier molecular flexibility index (Phi) is 15.3. The van der Waals surface area contributed by atoms with Crippen molar-refractivity contribution < 1.29 is 13.9 Å². The number of nitrogens with zero attached hydrogens (tertiary/aromatic N) is 1.